The van der Waals surface area contributed by atoms with E-state index in [1.807, 2.05) is 6.07 Å². The molecule has 0 aromatic carbocycles. The predicted molar refractivity (Wildman–Crippen MR) is 51.4 cm³/mol. The Morgan fingerprint density at radius 3 is 3.15 bits per heavy atom. The van der Waals surface area contributed by atoms with Gasteiger partial charge < -0.3 is 4.98 Å². The quantitative estimate of drug-likeness (QED) is 0.706. The van der Waals surface area contributed by atoms with Crippen LogP contribution in [0.2, 0.25) is 0 Å². The van der Waals surface area contributed by atoms with Crippen molar-refractivity contribution >= 4 is 11.0 Å². The standard InChI is InChI=1S/C10H9N2O/c1-2-7-6-12-8-4-3-5-11-9(8)10(7)13/h3-6H,1-2H2,(H,12,13). The molecule has 0 spiro atoms. The predicted octanol–water partition coefficient (Wildman–Crippen LogP) is 1.30. The molecule has 2 aromatic heterocycles. The summed E-state index contributed by atoms with van der Waals surface area (Å²) in [5.74, 6) is 0. The van der Waals surface area contributed by atoms with Crippen LogP contribution in [0.5, 0.6) is 0 Å². The van der Waals surface area contributed by atoms with Crippen molar-refractivity contribution < 1.29 is 0 Å². The number of H-pyrrole nitrogens is 1. The fraction of sp³-hybridized carbons (Fsp3) is 0.100. The minimum atomic E-state index is -0.0237. The lowest BCUT2D eigenvalue weighted by Gasteiger charge is -1.98. The van der Waals surface area contributed by atoms with Gasteiger partial charge >= 0.3 is 0 Å². The monoisotopic (exact) mass is 173 g/mol. The number of aromatic amines is 1. The summed E-state index contributed by atoms with van der Waals surface area (Å²) in [5.41, 5.74) is 1.91. The molecule has 0 bridgehead atoms. The Morgan fingerprint density at radius 2 is 2.38 bits per heavy atom. The first-order valence-electron chi connectivity index (χ1n) is 4.07. The molecule has 0 aliphatic carbocycles. The maximum atomic E-state index is 11.6. The zero-order chi connectivity index (χ0) is 9.26. The van der Waals surface area contributed by atoms with Crippen LogP contribution in [0.15, 0.2) is 29.3 Å². The van der Waals surface area contributed by atoms with Gasteiger partial charge in [-0.05, 0) is 25.5 Å². The topological polar surface area (TPSA) is 45.8 Å². The molecule has 0 atom stereocenters. The highest BCUT2D eigenvalue weighted by Crippen LogP contribution is 2.03. The van der Waals surface area contributed by atoms with E-state index in [0.717, 1.165) is 5.52 Å². The molecule has 65 valence electrons. The van der Waals surface area contributed by atoms with E-state index < -0.39 is 0 Å². The van der Waals surface area contributed by atoms with Crippen LogP contribution in [0.1, 0.15) is 5.56 Å². The minimum Gasteiger partial charge on any atom is -0.359 e. The molecule has 0 saturated heterocycles. The summed E-state index contributed by atoms with van der Waals surface area (Å²) in [6, 6.07) is 3.62. The number of hydrogen-bond donors (Lipinski definition) is 1. The van der Waals surface area contributed by atoms with E-state index in [4.69, 9.17) is 0 Å². The van der Waals surface area contributed by atoms with Gasteiger partial charge in [0.05, 0.1) is 5.52 Å². The highest BCUT2D eigenvalue weighted by Gasteiger charge is 2.02. The summed E-state index contributed by atoms with van der Waals surface area (Å²) in [6.45, 7) is 3.68. The van der Waals surface area contributed by atoms with Crippen molar-refractivity contribution in [3.8, 4) is 0 Å². The van der Waals surface area contributed by atoms with Gasteiger partial charge in [0.2, 0.25) is 5.43 Å². The molecule has 0 aliphatic heterocycles. The summed E-state index contributed by atoms with van der Waals surface area (Å²) >= 11 is 0. The van der Waals surface area contributed by atoms with Crippen LogP contribution in [0.25, 0.3) is 11.0 Å². The van der Waals surface area contributed by atoms with E-state index in [9.17, 15) is 4.79 Å². The van der Waals surface area contributed by atoms with Gasteiger partial charge in [0.25, 0.3) is 0 Å². The van der Waals surface area contributed by atoms with Crippen molar-refractivity contribution in [1.82, 2.24) is 9.97 Å². The molecule has 0 unspecified atom stereocenters. The van der Waals surface area contributed by atoms with Crippen molar-refractivity contribution in [3.63, 3.8) is 0 Å². The summed E-state index contributed by atoms with van der Waals surface area (Å²) in [4.78, 5) is 18.7. The van der Waals surface area contributed by atoms with Crippen LogP contribution < -0.4 is 5.43 Å². The lowest BCUT2D eigenvalue weighted by atomic mass is 10.2. The van der Waals surface area contributed by atoms with Crippen LogP contribution in [-0.4, -0.2) is 9.97 Å². The third-order valence-corrected chi connectivity index (χ3v) is 1.99. The molecule has 2 heterocycles. The number of aromatic nitrogens is 2. The third-order valence-electron chi connectivity index (χ3n) is 1.99. The van der Waals surface area contributed by atoms with Gasteiger partial charge in [-0.2, -0.15) is 0 Å². The van der Waals surface area contributed by atoms with E-state index in [1.165, 1.54) is 0 Å². The Morgan fingerprint density at radius 1 is 1.54 bits per heavy atom. The number of nitrogens with one attached hydrogen (secondary N) is 1. The average Bonchev–Trinajstić information content (AvgIpc) is 2.19. The van der Waals surface area contributed by atoms with Gasteiger partial charge in [0.15, 0.2) is 0 Å². The van der Waals surface area contributed by atoms with Crippen molar-refractivity contribution in [1.29, 1.82) is 0 Å². The number of rotatable bonds is 1. The lowest BCUT2D eigenvalue weighted by Crippen LogP contribution is -2.10. The smallest absolute Gasteiger partial charge is 0.210 e. The number of hydrogen-bond acceptors (Lipinski definition) is 2. The van der Waals surface area contributed by atoms with Crippen molar-refractivity contribution in [2.45, 2.75) is 6.42 Å². The Kier molecular flexibility index (Phi) is 1.85. The first-order chi connectivity index (χ1) is 6.33. The zero-order valence-corrected chi connectivity index (χ0v) is 7.08. The average molecular weight is 173 g/mol. The number of nitrogens with zero attached hydrogens (tertiary/aromatic N) is 1. The largest absolute Gasteiger partial charge is 0.359 e. The summed E-state index contributed by atoms with van der Waals surface area (Å²) in [6.07, 6.45) is 3.80. The SMILES string of the molecule is [CH2]Cc1c[nH]c2cccnc2c1=O. The van der Waals surface area contributed by atoms with Gasteiger partial charge in [-0.1, -0.05) is 0 Å². The molecule has 3 nitrogen and oxygen atoms in total. The maximum Gasteiger partial charge on any atom is 0.210 e. The molecule has 0 amide bonds. The zero-order valence-electron chi connectivity index (χ0n) is 7.08. The molecule has 1 radical (unpaired) electrons. The van der Waals surface area contributed by atoms with Crippen LogP contribution in [0.3, 0.4) is 0 Å². The minimum absolute atomic E-state index is 0.0237. The van der Waals surface area contributed by atoms with Crippen LogP contribution in [0, 0.1) is 6.92 Å². The fourth-order valence-electron chi connectivity index (χ4n) is 1.27. The second-order valence-corrected chi connectivity index (χ2v) is 2.79. The molecule has 2 aromatic rings. The molecular formula is C10H9N2O. The summed E-state index contributed by atoms with van der Waals surface area (Å²) in [7, 11) is 0. The van der Waals surface area contributed by atoms with Crippen LogP contribution in [0.4, 0.5) is 0 Å². The van der Waals surface area contributed by atoms with Gasteiger partial charge in [0, 0.05) is 18.0 Å². The van der Waals surface area contributed by atoms with Crippen LogP contribution >= 0.6 is 0 Å². The van der Waals surface area contributed by atoms with Gasteiger partial charge in [-0.15, -0.1) is 0 Å². The second-order valence-electron chi connectivity index (χ2n) is 2.79. The summed E-state index contributed by atoms with van der Waals surface area (Å²) in [5, 5.41) is 0. The Bertz CT molecular complexity index is 487. The first kappa shape index (κ1) is 7.98. The lowest BCUT2D eigenvalue weighted by molar-refractivity contribution is 1.18. The molecule has 2 rings (SSSR count). The molecule has 0 aliphatic rings. The second kappa shape index (κ2) is 3.01. The summed E-state index contributed by atoms with van der Waals surface area (Å²) < 4.78 is 0. The van der Waals surface area contributed by atoms with E-state index in [-0.39, 0.29) is 5.43 Å². The molecule has 1 N–H and O–H groups in total. The highest BCUT2D eigenvalue weighted by atomic mass is 16.1. The molecular weight excluding hydrogens is 164 g/mol. The first-order valence-corrected chi connectivity index (χ1v) is 4.07. The number of fused-ring (bicyclic) bond motifs is 1. The molecule has 0 fully saturated rings. The fourth-order valence-corrected chi connectivity index (χ4v) is 1.27. The van der Waals surface area contributed by atoms with Crippen molar-refractivity contribution in [2.24, 2.45) is 0 Å². The van der Waals surface area contributed by atoms with E-state index in [0.29, 0.717) is 17.5 Å². The van der Waals surface area contributed by atoms with Crippen molar-refractivity contribution in [3.05, 3.63) is 47.2 Å². The van der Waals surface area contributed by atoms with E-state index in [1.54, 1.807) is 18.5 Å². The Labute approximate surface area is 75.4 Å². The molecule has 3 heteroatoms. The normalized spacial score (nSPS) is 10.5. The number of pyridine rings is 2. The third kappa shape index (κ3) is 1.22. The Hall–Kier alpha value is -1.64. The van der Waals surface area contributed by atoms with Gasteiger partial charge in [-0.3, -0.25) is 9.78 Å². The maximum absolute atomic E-state index is 11.6. The molecule has 13 heavy (non-hydrogen) atoms. The Balaban J connectivity index is 2.87. The van der Waals surface area contributed by atoms with Gasteiger partial charge in [-0.25, -0.2) is 0 Å². The van der Waals surface area contributed by atoms with Crippen LogP contribution in [-0.2, 0) is 6.42 Å². The van der Waals surface area contributed by atoms with Gasteiger partial charge in [0.1, 0.15) is 5.52 Å². The van der Waals surface area contributed by atoms with E-state index in [2.05, 4.69) is 16.9 Å². The van der Waals surface area contributed by atoms with Crippen molar-refractivity contribution in [2.75, 3.05) is 0 Å². The highest BCUT2D eigenvalue weighted by molar-refractivity contribution is 5.73. The van der Waals surface area contributed by atoms with E-state index >= 15 is 0 Å². The molecule has 0 saturated carbocycles.